The number of para-hydroxylation sites is 1. The van der Waals surface area contributed by atoms with Crippen LogP contribution in [-0.2, 0) is 38.4 Å². The van der Waals surface area contributed by atoms with Crippen molar-refractivity contribution in [3.8, 4) is 11.5 Å². The van der Waals surface area contributed by atoms with Crippen LogP contribution in [0.1, 0.15) is 29.5 Å². The van der Waals surface area contributed by atoms with E-state index >= 15 is 0 Å². The summed E-state index contributed by atoms with van der Waals surface area (Å²) in [5.41, 5.74) is 9.33. The molecule has 4 atom stereocenters. The lowest BCUT2D eigenvalue weighted by Gasteiger charge is -2.29. The van der Waals surface area contributed by atoms with E-state index < -0.39 is 47.9 Å². The summed E-state index contributed by atoms with van der Waals surface area (Å²) in [5, 5.41) is 35.6. The van der Waals surface area contributed by atoms with E-state index in [9.17, 15) is 34.5 Å². The molecule has 1 aliphatic rings. The number of phenolic OH excluding ortho intramolecular Hbond substituents is 2. The fraction of sp³-hybridized carbons (Fsp3) is 0.294. The van der Waals surface area contributed by atoms with Gasteiger partial charge in [-0.1, -0.05) is 42.5 Å². The highest BCUT2D eigenvalue weighted by molar-refractivity contribution is 5.95. The molecule has 2 heterocycles. The average Bonchev–Trinajstić information content (AvgIpc) is 3.70. The molecule has 1 aromatic heterocycles. The van der Waals surface area contributed by atoms with Crippen LogP contribution < -0.4 is 16.4 Å². The van der Waals surface area contributed by atoms with Crippen molar-refractivity contribution < 1.29 is 34.5 Å². The number of fused-ring (bicyclic) bond motifs is 1. The molecule has 12 heteroatoms. The SMILES string of the molecule is NC(Cc1c[nH]c2ccccc12)C(=O)NC(Cc1ccc(O)cc1)C(=O)NC(Cc1ccc(O)cc1)C(=O)N1CCCC1C(=O)O. The zero-order valence-corrected chi connectivity index (χ0v) is 25.1. The summed E-state index contributed by atoms with van der Waals surface area (Å²) in [6.07, 6.45) is 2.86. The second-order valence-corrected chi connectivity index (χ2v) is 11.6. The van der Waals surface area contributed by atoms with Crippen molar-refractivity contribution in [1.82, 2.24) is 20.5 Å². The van der Waals surface area contributed by atoms with Crippen molar-refractivity contribution in [2.45, 2.75) is 56.3 Å². The Morgan fingerprint density at radius 3 is 2.04 bits per heavy atom. The van der Waals surface area contributed by atoms with Gasteiger partial charge in [-0.2, -0.15) is 0 Å². The Hall–Kier alpha value is -5.36. The molecule has 1 saturated heterocycles. The van der Waals surface area contributed by atoms with Gasteiger partial charge in [0.1, 0.15) is 29.6 Å². The Morgan fingerprint density at radius 1 is 0.826 bits per heavy atom. The van der Waals surface area contributed by atoms with E-state index in [1.54, 1.807) is 30.5 Å². The molecule has 4 unspecified atom stereocenters. The molecule has 4 aromatic rings. The van der Waals surface area contributed by atoms with Crippen LogP contribution in [0.3, 0.4) is 0 Å². The van der Waals surface area contributed by atoms with Crippen LogP contribution >= 0.6 is 0 Å². The third-order valence-corrected chi connectivity index (χ3v) is 8.27. The number of aromatic hydroxyl groups is 2. The maximum Gasteiger partial charge on any atom is 0.326 e. The molecular weight excluding hydrogens is 590 g/mol. The van der Waals surface area contributed by atoms with Crippen molar-refractivity contribution in [1.29, 1.82) is 0 Å². The summed E-state index contributed by atoms with van der Waals surface area (Å²) >= 11 is 0. The van der Waals surface area contributed by atoms with Crippen LogP contribution in [0.15, 0.2) is 79.0 Å². The summed E-state index contributed by atoms with van der Waals surface area (Å²) < 4.78 is 0. The van der Waals surface area contributed by atoms with Gasteiger partial charge < -0.3 is 41.6 Å². The minimum absolute atomic E-state index is 0.0215. The first-order valence-corrected chi connectivity index (χ1v) is 15.1. The molecule has 240 valence electrons. The highest BCUT2D eigenvalue weighted by Gasteiger charge is 2.38. The highest BCUT2D eigenvalue weighted by atomic mass is 16.4. The highest BCUT2D eigenvalue weighted by Crippen LogP contribution is 2.22. The number of nitrogens with two attached hydrogens (primary N) is 1. The Balaban J connectivity index is 1.37. The number of carbonyl (C=O) groups excluding carboxylic acids is 3. The second-order valence-electron chi connectivity index (χ2n) is 11.6. The summed E-state index contributed by atoms with van der Waals surface area (Å²) in [6, 6.07) is 15.6. The maximum absolute atomic E-state index is 13.9. The molecule has 0 aliphatic carbocycles. The number of phenols is 2. The van der Waals surface area contributed by atoms with Gasteiger partial charge in [0, 0.05) is 36.5 Å². The standard InChI is InChI=1S/C34H37N5O7/c35-26(18-22-19-36-27-5-2-1-4-25(22)27)31(42)37-28(16-20-7-11-23(40)12-8-20)32(43)38-29(17-21-9-13-24(41)14-10-21)33(44)39-15-3-6-30(39)34(45)46/h1-2,4-5,7-14,19,26,28-30,36,40-41H,3,6,15-18,35H2,(H,37,42)(H,38,43)(H,45,46). The minimum Gasteiger partial charge on any atom is -0.508 e. The van der Waals surface area contributed by atoms with Crippen LogP contribution in [0.4, 0.5) is 0 Å². The number of benzene rings is 3. The number of likely N-dealkylation sites (tertiary alicyclic amines) is 1. The number of nitrogens with zero attached hydrogens (tertiary/aromatic N) is 1. The van der Waals surface area contributed by atoms with E-state index in [1.165, 1.54) is 29.2 Å². The predicted octanol–water partition coefficient (Wildman–Crippen LogP) is 1.98. The van der Waals surface area contributed by atoms with Gasteiger partial charge in [0.2, 0.25) is 17.7 Å². The van der Waals surface area contributed by atoms with E-state index in [0.717, 1.165) is 16.5 Å². The van der Waals surface area contributed by atoms with E-state index in [2.05, 4.69) is 15.6 Å². The largest absolute Gasteiger partial charge is 0.508 e. The van der Waals surface area contributed by atoms with Gasteiger partial charge in [-0.15, -0.1) is 0 Å². The number of carbonyl (C=O) groups is 4. The van der Waals surface area contributed by atoms with Gasteiger partial charge in [-0.25, -0.2) is 4.79 Å². The van der Waals surface area contributed by atoms with Crippen LogP contribution in [0, 0.1) is 0 Å². The fourth-order valence-electron chi connectivity index (χ4n) is 5.81. The van der Waals surface area contributed by atoms with Gasteiger partial charge in [0.15, 0.2) is 0 Å². The predicted molar refractivity (Wildman–Crippen MR) is 170 cm³/mol. The summed E-state index contributed by atoms with van der Waals surface area (Å²) in [5.74, 6) is -2.85. The topological polar surface area (TPSA) is 198 Å². The maximum atomic E-state index is 13.9. The Bertz CT molecular complexity index is 1700. The molecule has 3 amide bonds. The number of carboxylic acid groups (broad SMARTS) is 1. The number of nitrogens with one attached hydrogen (secondary N) is 3. The number of H-pyrrole nitrogens is 1. The number of amides is 3. The molecule has 1 aliphatic heterocycles. The van der Waals surface area contributed by atoms with Crippen molar-refractivity contribution in [2.24, 2.45) is 5.73 Å². The molecule has 0 saturated carbocycles. The fourth-order valence-corrected chi connectivity index (χ4v) is 5.81. The molecule has 12 nitrogen and oxygen atoms in total. The molecule has 46 heavy (non-hydrogen) atoms. The lowest BCUT2D eigenvalue weighted by atomic mass is 10.0. The zero-order chi connectivity index (χ0) is 32.8. The van der Waals surface area contributed by atoms with Crippen LogP contribution in [0.25, 0.3) is 10.9 Å². The third-order valence-electron chi connectivity index (χ3n) is 8.27. The molecular formula is C34H37N5O7. The first-order valence-electron chi connectivity index (χ1n) is 15.1. The van der Waals surface area contributed by atoms with Crippen molar-refractivity contribution >= 4 is 34.6 Å². The van der Waals surface area contributed by atoms with E-state index in [0.29, 0.717) is 24.0 Å². The minimum atomic E-state index is -1.16. The van der Waals surface area contributed by atoms with Gasteiger partial charge in [0.25, 0.3) is 0 Å². The monoisotopic (exact) mass is 627 g/mol. The quantitative estimate of drug-likeness (QED) is 0.124. The summed E-state index contributed by atoms with van der Waals surface area (Å²) in [4.78, 5) is 57.4. The normalized spacial score (nSPS) is 16.5. The first kappa shape index (κ1) is 32.0. The van der Waals surface area contributed by atoms with E-state index in [4.69, 9.17) is 5.73 Å². The number of aromatic amines is 1. The van der Waals surface area contributed by atoms with Crippen LogP contribution in [-0.4, -0.2) is 79.6 Å². The van der Waals surface area contributed by atoms with Gasteiger partial charge >= 0.3 is 5.97 Å². The third kappa shape index (κ3) is 7.64. The number of hydrogen-bond acceptors (Lipinski definition) is 7. The van der Waals surface area contributed by atoms with E-state index in [1.807, 2.05) is 24.3 Å². The Kier molecular flexibility index (Phi) is 9.87. The molecule has 0 spiro atoms. The van der Waals surface area contributed by atoms with Crippen molar-refractivity contribution in [2.75, 3.05) is 6.54 Å². The van der Waals surface area contributed by atoms with Crippen LogP contribution in [0.2, 0.25) is 0 Å². The summed E-state index contributed by atoms with van der Waals surface area (Å²) in [7, 11) is 0. The molecule has 8 N–H and O–H groups in total. The molecule has 1 fully saturated rings. The van der Waals surface area contributed by atoms with E-state index in [-0.39, 0.29) is 37.3 Å². The smallest absolute Gasteiger partial charge is 0.326 e. The number of rotatable bonds is 12. The number of hydrogen-bond donors (Lipinski definition) is 7. The summed E-state index contributed by atoms with van der Waals surface area (Å²) in [6.45, 7) is 0.230. The van der Waals surface area contributed by atoms with Gasteiger partial charge in [0.05, 0.1) is 6.04 Å². The Labute approximate surface area is 265 Å². The number of aromatic nitrogens is 1. The lowest BCUT2D eigenvalue weighted by molar-refractivity contribution is -0.149. The lowest BCUT2D eigenvalue weighted by Crippen LogP contribution is -2.58. The zero-order valence-electron chi connectivity index (χ0n) is 25.1. The molecule has 3 aromatic carbocycles. The first-order chi connectivity index (χ1) is 22.1. The second kappa shape index (κ2) is 14.2. The molecule has 5 rings (SSSR count). The number of carboxylic acids is 1. The number of aliphatic carboxylic acids is 1. The van der Waals surface area contributed by atoms with Crippen LogP contribution in [0.5, 0.6) is 11.5 Å². The molecule has 0 bridgehead atoms. The van der Waals surface area contributed by atoms with Gasteiger partial charge in [-0.3, -0.25) is 14.4 Å². The Morgan fingerprint density at radius 2 is 1.41 bits per heavy atom. The van der Waals surface area contributed by atoms with Crippen molar-refractivity contribution in [3.63, 3.8) is 0 Å². The molecule has 0 radical (unpaired) electrons. The van der Waals surface area contributed by atoms with Crippen molar-refractivity contribution in [3.05, 3.63) is 95.7 Å². The average molecular weight is 628 g/mol. The van der Waals surface area contributed by atoms with Gasteiger partial charge in [-0.05, 0) is 66.3 Å².